The van der Waals surface area contributed by atoms with Crippen molar-refractivity contribution in [3.63, 3.8) is 0 Å². The molecule has 1 aromatic rings. The van der Waals surface area contributed by atoms with Crippen molar-refractivity contribution in [3.8, 4) is 0 Å². The molecular formula is C15H18BrNO2. The van der Waals surface area contributed by atoms with E-state index in [2.05, 4.69) is 39.0 Å². The summed E-state index contributed by atoms with van der Waals surface area (Å²) < 4.78 is 6.01. The Balaban J connectivity index is 1.75. The Morgan fingerprint density at radius 2 is 2.26 bits per heavy atom. The van der Waals surface area contributed by atoms with Crippen molar-refractivity contribution in [2.45, 2.75) is 25.3 Å². The van der Waals surface area contributed by atoms with Crippen molar-refractivity contribution in [1.82, 2.24) is 4.90 Å². The number of methoxy groups -OCH3 is 1. The third kappa shape index (κ3) is 2.43. The second kappa shape index (κ2) is 5.25. The Kier molecular flexibility index (Phi) is 3.63. The fourth-order valence-electron chi connectivity index (χ4n) is 3.37. The van der Waals surface area contributed by atoms with E-state index in [1.807, 2.05) is 0 Å². The minimum atomic E-state index is -0.0588. The molecule has 0 saturated carbocycles. The van der Waals surface area contributed by atoms with Gasteiger partial charge in [-0.15, -0.1) is 0 Å². The van der Waals surface area contributed by atoms with Gasteiger partial charge in [-0.1, -0.05) is 22.0 Å². The molecule has 0 spiro atoms. The second-order valence-electron chi connectivity index (χ2n) is 5.40. The molecule has 3 rings (SSSR count). The Morgan fingerprint density at radius 3 is 3.05 bits per heavy atom. The van der Waals surface area contributed by atoms with Gasteiger partial charge in [0.05, 0.1) is 13.0 Å². The van der Waals surface area contributed by atoms with E-state index in [9.17, 15) is 4.79 Å². The Morgan fingerprint density at radius 1 is 1.42 bits per heavy atom. The molecule has 0 bridgehead atoms. The van der Waals surface area contributed by atoms with E-state index in [4.69, 9.17) is 4.74 Å². The van der Waals surface area contributed by atoms with Crippen LogP contribution < -0.4 is 0 Å². The Labute approximate surface area is 122 Å². The minimum absolute atomic E-state index is 0.0588. The molecule has 1 saturated heterocycles. The standard InChI is InChI=1S/C15H18BrNO2/c1-19-15(18)11-6-7-17(9-11)14-5-2-10-8-12(16)3-4-13(10)14/h3-4,8,11,14H,2,5-7,9H2,1H3/t11-,14?/m0/s1. The summed E-state index contributed by atoms with van der Waals surface area (Å²) in [6.45, 7) is 1.84. The van der Waals surface area contributed by atoms with Crippen LogP contribution in [0.15, 0.2) is 22.7 Å². The van der Waals surface area contributed by atoms with Crippen molar-refractivity contribution < 1.29 is 9.53 Å². The van der Waals surface area contributed by atoms with Crippen molar-refractivity contribution >= 4 is 21.9 Å². The molecule has 1 aliphatic carbocycles. The molecule has 2 atom stereocenters. The number of carbonyl (C=O) groups is 1. The summed E-state index contributed by atoms with van der Waals surface area (Å²) in [6.07, 6.45) is 3.23. The van der Waals surface area contributed by atoms with Gasteiger partial charge < -0.3 is 4.74 Å². The van der Waals surface area contributed by atoms with E-state index in [1.165, 1.54) is 24.7 Å². The summed E-state index contributed by atoms with van der Waals surface area (Å²) in [7, 11) is 1.48. The molecule has 1 aromatic carbocycles. The first kappa shape index (κ1) is 13.1. The zero-order valence-electron chi connectivity index (χ0n) is 11.1. The van der Waals surface area contributed by atoms with Gasteiger partial charge in [-0.3, -0.25) is 9.69 Å². The fourth-order valence-corrected chi connectivity index (χ4v) is 3.78. The molecule has 0 N–H and O–H groups in total. The van der Waals surface area contributed by atoms with Gasteiger partial charge in [0.25, 0.3) is 0 Å². The van der Waals surface area contributed by atoms with Gasteiger partial charge in [0, 0.05) is 17.1 Å². The smallest absolute Gasteiger partial charge is 0.310 e. The number of likely N-dealkylation sites (tertiary alicyclic amines) is 1. The number of carbonyl (C=O) groups excluding carboxylic acids is 1. The first-order valence-electron chi connectivity index (χ1n) is 6.79. The molecule has 102 valence electrons. The van der Waals surface area contributed by atoms with Crippen LogP contribution in [0.1, 0.15) is 30.0 Å². The number of esters is 1. The van der Waals surface area contributed by atoms with Crippen molar-refractivity contribution in [2.24, 2.45) is 5.92 Å². The number of halogens is 1. The van der Waals surface area contributed by atoms with E-state index in [0.29, 0.717) is 6.04 Å². The number of ether oxygens (including phenoxy) is 1. The van der Waals surface area contributed by atoms with Crippen LogP contribution in [0.3, 0.4) is 0 Å². The highest BCUT2D eigenvalue weighted by atomic mass is 79.9. The van der Waals surface area contributed by atoms with Gasteiger partial charge in [-0.05, 0) is 49.1 Å². The van der Waals surface area contributed by atoms with Crippen LogP contribution in [0, 0.1) is 5.92 Å². The average molecular weight is 324 g/mol. The molecular weight excluding hydrogens is 306 g/mol. The fraction of sp³-hybridized carbons (Fsp3) is 0.533. The first-order chi connectivity index (χ1) is 9.19. The summed E-state index contributed by atoms with van der Waals surface area (Å²) in [6, 6.07) is 7.05. The molecule has 0 aromatic heterocycles. The number of aryl methyl sites for hydroxylation is 1. The molecule has 1 fully saturated rings. The molecule has 3 nitrogen and oxygen atoms in total. The van der Waals surface area contributed by atoms with E-state index >= 15 is 0 Å². The SMILES string of the molecule is COC(=O)[C@H]1CCN(C2CCc3cc(Br)ccc32)C1. The quantitative estimate of drug-likeness (QED) is 0.784. The van der Waals surface area contributed by atoms with Crippen LogP contribution in [0.2, 0.25) is 0 Å². The van der Waals surface area contributed by atoms with Crippen LogP contribution in [0.4, 0.5) is 0 Å². The van der Waals surface area contributed by atoms with Gasteiger partial charge in [0.15, 0.2) is 0 Å². The summed E-state index contributed by atoms with van der Waals surface area (Å²) in [5, 5.41) is 0. The first-order valence-corrected chi connectivity index (χ1v) is 7.58. The van der Waals surface area contributed by atoms with E-state index in [0.717, 1.165) is 30.4 Å². The molecule has 4 heteroatoms. The zero-order valence-corrected chi connectivity index (χ0v) is 12.6. The second-order valence-corrected chi connectivity index (χ2v) is 6.32. The predicted molar refractivity (Wildman–Crippen MR) is 76.9 cm³/mol. The lowest BCUT2D eigenvalue weighted by atomic mass is 10.1. The summed E-state index contributed by atoms with van der Waals surface area (Å²) in [5.74, 6) is 0.000949. The number of hydrogen-bond donors (Lipinski definition) is 0. The number of nitrogens with zero attached hydrogens (tertiary/aromatic N) is 1. The number of rotatable bonds is 2. The van der Waals surface area contributed by atoms with E-state index < -0.39 is 0 Å². The van der Waals surface area contributed by atoms with Gasteiger partial charge in [0.2, 0.25) is 0 Å². The molecule has 2 aliphatic rings. The zero-order chi connectivity index (χ0) is 13.4. The van der Waals surface area contributed by atoms with Gasteiger partial charge >= 0.3 is 5.97 Å². The Bertz CT molecular complexity index is 503. The molecule has 19 heavy (non-hydrogen) atoms. The van der Waals surface area contributed by atoms with Crippen LogP contribution in [-0.2, 0) is 16.0 Å². The topological polar surface area (TPSA) is 29.5 Å². The van der Waals surface area contributed by atoms with Gasteiger partial charge in [0.1, 0.15) is 0 Å². The van der Waals surface area contributed by atoms with Crippen LogP contribution >= 0.6 is 15.9 Å². The largest absolute Gasteiger partial charge is 0.469 e. The van der Waals surface area contributed by atoms with Crippen LogP contribution in [0.5, 0.6) is 0 Å². The van der Waals surface area contributed by atoms with Gasteiger partial charge in [-0.25, -0.2) is 0 Å². The highest BCUT2D eigenvalue weighted by molar-refractivity contribution is 9.10. The number of benzene rings is 1. The lowest BCUT2D eigenvalue weighted by Crippen LogP contribution is -2.27. The van der Waals surface area contributed by atoms with Gasteiger partial charge in [-0.2, -0.15) is 0 Å². The highest BCUT2D eigenvalue weighted by Gasteiger charge is 2.36. The molecule has 0 radical (unpaired) electrons. The summed E-state index contributed by atoms with van der Waals surface area (Å²) in [5.41, 5.74) is 2.88. The van der Waals surface area contributed by atoms with Crippen molar-refractivity contribution in [2.75, 3.05) is 20.2 Å². The van der Waals surface area contributed by atoms with Crippen LogP contribution in [-0.4, -0.2) is 31.1 Å². The molecule has 1 aliphatic heterocycles. The minimum Gasteiger partial charge on any atom is -0.469 e. The maximum Gasteiger partial charge on any atom is 0.310 e. The Hall–Kier alpha value is -0.870. The highest BCUT2D eigenvalue weighted by Crippen LogP contribution is 2.39. The lowest BCUT2D eigenvalue weighted by molar-refractivity contribution is -0.145. The summed E-state index contributed by atoms with van der Waals surface area (Å²) in [4.78, 5) is 14.1. The monoisotopic (exact) mass is 323 g/mol. The maximum atomic E-state index is 11.6. The number of hydrogen-bond acceptors (Lipinski definition) is 3. The molecule has 1 unspecified atom stereocenters. The average Bonchev–Trinajstić information content (AvgIpc) is 3.03. The third-order valence-electron chi connectivity index (χ3n) is 4.35. The molecule has 0 amide bonds. The van der Waals surface area contributed by atoms with E-state index in [-0.39, 0.29) is 11.9 Å². The lowest BCUT2D eigenvalue weighted by Gasteiger charge is -2.24. The normalized spacial score (nSPS) is 26.4. The van der Waals surface area contributed by atoms with Crippen molar-refractivity contribution in [1.29, 1.82) is 0 Å². The maximum absolute atomic E-state index is 11.6. The predicted octanol–water partition coefficient (Wildman–Crippen LogP) is 2.93. The van der Waals surface area contributed by atoms with E-state index in [1.54, 1.807) is 0 Å². The number of fused-ring (bicyclic) bond motifs is 1. The van der Waals surface area contributed by atoms with Crippen LogP contribution in [0.25, 0.3) is 0 Å². The van der Waals surface area contributed by atoms with Crippen molar-refractivity contribution in [3.05, 3.63) is 33.8 Å². The third-order valence-corrected chi connectivity index (χ3v) is 4.84. The summed E-state index contributed by atoms with van der Waals surface area (Å²) >= 11 is 3.53. The molecule has 1 heterocycles.